The molecular weight excluding hydrogens is 322 g/mol. The number of fused-ring (bicyclic) bond motifs is 1. The van der Waals surface area contributed by atoms with Crippen LogP contribution in [0.15, 0.2) is 42.6 Å². The standard InChI is InChI=1S/C22H21N3O/c1-14-4-3-5-15(2)18(14)7-6-17-12-16(8-10-23-17)21-13-19-20(25-21)9-11-24-22(19)26/h3-8,10,12-13,25H,9,11H2,1-2H3,(H,24,26)/b7-6-. The molecule has 1 aromatic carbocycles. The van der Waals surface area contributed by atoms with Crippen LogP contribution in [-0.2, 0) is 6.42 Å². The smallest absolute Gasteiger partial charge is 0.253 e. The van der Waals surface area contributed by atoms with E-state index in [1.165, 1.54) is 16.7 Å². The maximum Gasteiger partial charge on any atom is 0.253 e. The quantitative estimate of drug-likeness (QED) is 0.750. The molecule has 0 atom stereocenters. The summed E-state index contributed by atoms with van der Waals surface area (Å²) in [7, 11) is 0. The van der Waals surface area contributed by atoms with Gasteiger partial charge in [-0.15, -0.1) is 0 Å². The van der Waals surface area contributed by atoms with Crippen molar-refractivity contribution in [3.63, 3.8) is 0 Å². The van der Waals surface area contributed by atoms with E-state index in [0.717, 1.165) is 34.6 Å². The van der Waals surface area contributed by atoms with Crippen molar-refractivity contribution in [1.29, 1.82) is 0 Å². The van der Waals surface area contributed by atoms with E-state index in [4.69, 9.17) is 0 Å². The first-order valence-corrected chi connectivity index (χ1v) is 8.82. The number of aryl methyl sites for hydroxylation is 2. The number of nitrogens with one attached hydrogen (secondary N) is 2. The minimum atomic E-state index is -0.00189. The third-order valence-corrected chi connectivity index (χ3v) is 4.86. The normalized spacial score (nSPS) is 13.7. The monoisotopic (exact) mass is 343 g/mol. The Morgan fingerprint density at radius 3 is 2.65 bits per heavy atom. The number of rotatable bonds is 3. The number of carbonyl (C=O) groups excluding carboxylic acids is 1. The van der Waals surface area contributed by atoms with E-state index in [0.29, 0.717) is 6.54 Å². The predicted octanol–water partition coefficient (Wildman–Crippen LogP) is 4.15. The van der Waals surface area contributed by atoms with Crippen LogP contribution in [0.4, 0.5) is 0 Å². The van der Waals surface area contributed by atoms with Gasteiger partial charge in [0.25, 0.3) is 5.91 Å². The number of aromatic amines is 1. The first-order chi connectivity index (χ1) is 12.6. The van der Waals surface area contributed by atoms with Gasteiger partial charge in [0.05, 0.1) is 11.3 Å². The molecule has 0 aliphatic carbocycles. The number of amides is 1. The van der Waals surface area contributed by atoms with Gasteiger partial charge in [-0.05, 0) is 54.8 Å². The summed E-state index contributed by atoms with van der Waals surface area (Å²) in [4.78, 5) is 19.8. The minimum Gasteiger partial charge on any atom is -0.358 e. The maximum absolute atomic E-state index is 12.0. The third-order valence-electron chi connectivity index (χ3n) is 4.86. The summed E-state index contributed by atoms with van der Waals surface area (Å²) in [6, 6.07) is 12.2. The third kappa shape index (κ3) is 3.06. The van der Waals surface area contributed by atoms with Gasteiger partial charge in [-0.1, -0.05) is 24.3 Å². The van der Waals surface area contributed by atoms with Crippen molar-refractivity contribution >= 4 is 18.1 Å². The SMILES string of the molecule is Cc1cccc(C)c1/C=C\c1cc(-c2cc3c([nH]2)CCNC3=O)ccn1. The molecule has 0 saturated heterocycles. The molecule has 0 spiro atoms. The molecule has 4 rings (SSSR count). The zero-order valence-electron chi connectivity index (χ0n) is 15.0. The number of benzene rings is 1. The Hall–Kier alpha value is -3.14. The summed E-state index contributed by atoms with van der Waals surface area (Å²) in [6.07, 6.45) is 6.80. The molecule has 130 valence electrons. The number of pyridine rings is 1. The van der Waals surface area contributed by atoms with Gasteiger partial charge in [-0.3, -0.25) is 9.78 Å². The average Bonchev–Trinajstić information content (AvgIpc) is 3.07. The van der Waals surface area contributed by atoms with E-state index >= 15 is 0 Å². The van der Waals surface area contributed by atoms with Crippen molar-refractivity contribution in [1.82, 2.24) is 15.3 Å². The first kappa shape index (κ1) is 16.3. The summed E-state index contributed by atoms with van der Waals surface area (Å²) in [5, 5.41) is 2.88. The largest absolute Gasteiger partial charge is 0.358 e. The van der Waals surface area contributed by atoms with E-state index in [1.807, 2.05) is 24.3 Å². The fourth-order valence-corrected chi connectivity index (χ4v) is 3.41. The second-order valence-electron chi connectivity index (χ2n) is 6.69. The number of aromatic nitrogens is 2. The van der Waals surface area contributed by atoms with Crippen molar-refractivity contribution in [2.75, 3.05) is 6.54 Å². The summed E-state index contributed by atoms with van der Waals surface area (Å²) >= 11 is 0. The van der Waals surface area contributed by atoms with Gasteiger partial charge in [-0.25, -0.2) is 0 Å². The predicted molar refractivity (Wildman–Crippen MR) is 105 cm³/mol. The van der Waals surface area contributed by atoms with Crippen LogP contribution < -0.4 is 5.32 Å². The second-order valence-corrected chi connectivity index (χ2v) is 6.69. The Bertz CT molecular complexity index is 994. The van der Waals surface area contributed by atoms with Crippen LogP contribution in [-0.4, -0.2) is 22.4 Å². The van der Waals surface area contributed by atoms with Crippen LogP contribution in [0.1, 0.15) is 38.4 Å². The van der Waals surface area contributed by atoms with Crippen LogP contribution in [0.25, 0.3) is 23.4 Å². The molecule has 3 heterocycles. The number of hydrogen-bond acceptors (Lipinski definition) is 2. The maximum atomic E-state index is 12.0. The van der Waals surface area contributed by atoms with Crippen LogP contribution in [0, 0.1) is 13.8 Å². The zero-order valence-corrected chi connectivity index (χ0v) is 15.0. The van der Waals surface area contributed by atoms with Crippen molar-refractivity contribution in [3.8, 4) is 11.3 Å². The van der Waals surface area contributed by atoms with Gasteiger partial charge in [-0.2, -0.15) is 0 Å². The Balaban J connectivity index is 1.65. The molecule has 0 saturated carbocycles. The highest BCUT2D eigenvalue weighted by molar-refractivity contribution is 5.97. The van der Waals surface area contributed by atoms with Crippen molar-refractivity contribution < 1.29 is 4.79 Å². The van der Waals surface area contributed by atoms with Crippen LogP contribution in [0.2, 0.25) is 0 Å². The molecule has 3 aromatic rings. The molecule has 4 nitrogen and oxygen atoms in total. The van der Waals surface area contributed by atoms with E-state index < -0.39 is 0 Å². The lowest BCUT2D eigenvalue weighted by Gasteiger charge is -2.10. The number of hydrogen-bond donors (Lipinski definition) is 2. The van der Waals surface area contributed by atoms with Gasteiger partial charge in [0.1, 0.15) is 0 Å². The van der Waals surface area contributed by atoms with Crippen molar-refractivity contribution in [2.45, 2.75) is 20.3 Å². The molecule has 4 heteroatoms. The van der Waals surface area contributed by atoms with Crippen molar-refractivity contribution in [3.05, 3.63) is 76.2 Å². The highest BCUT2D eigenvalue weighted by Gasteiger charge is 2.19. The lowest BCUT2D eigenvalue weighted by Crippen LogP contribution is -2.31. The Morgan fingerprint density at radius 1 is 1.08 bits per heavy atom. The molecule has 26 heavy (non-hydrogen) atoms. The number of carbonyl (C=O) groups is 1. The fraction of sp³-hybridized carbons (Fsp3) is 0.182. The highest BCUT2D eigenvalue weighted by Crippen LogP contribution is 2.25. The summed E-state index contributed by atoms with van der Waals surface area (Å²) < 4.78 is 0. The molecule has 0 fully saturated rings. The van der Waals surface area contributed by atoms with Gasteiger partial charge < -0.3 is 10.3 Å². The van der Waals surface area contributed by atoms with E-state index in [9.17, 15) is 4.79 Å². The summed E-state index contributed by atoms with van der Waals surface area (Å²) in [5.74, 6) is -0.00189. The van der Waals surface area contributed by atoms with E-state index in [1.54, 1.807) is 6.20 Å². The minimum absolute atomic E-state index is 0.00189. The molecule has 1 amide bonds. The molecule has 0 unspecified atom stereocenters. The van der Waals surface area contributed by atoms with Crippen LogP contribution >= 0.6 is 0 Å². The number of nitrogens with zero attached hydrogens (tertiary/aromatic N) is 1. The summed E-state index contributed by atoms with van der Waals surface area (Å²) in [6.45, 7) is 4.92. The van der Waals surface area contributed by atoms with Gasteiger partial charge in [0.15, 0.2) is 0 Å². The van der Waals surface area contributed by atoms with Crippen molar-refractivity contribution in [2.24, 2.45) is 0 Å². The molecule has 0 bridgehead atoms. The molecule has 0 radical (unpaired) electrons. The second kappa shape index (κ2) is 6.64. The first-order valence-electron chi connectivity index (χ1n) is 8.82. The molecule has 1 aliphatic heterocycles. The van der Waals surface area contributed by atoms with Gasteiger partial charge >= 0.3 is 0 Å². The van der Waals surface area contributed by atoms with Crippen LogP contribution in [0.3, 0.4) is 0 Å². The average molecular weight is 343 g/mol. The van der Waals surface area contributed by atoms with E-state index in [2.05, 4.69) is 53.4 Å². The molecule has 1 aliphatic rings. The number of H-pyrrole nitrogens is 1. The van der Waals surface area contributed by atoms with Gasteiger partial charge in [0.2, 0.25) is 0 Å². The zero-order chi connectivity index (χ0) is 18.1. The lowest BCUT2D eigenvalue weighted by atomic mass is 10.0. The molecule has 2 N–H and O–H groups in total. The highest BCUT2D eigenvalue weighted by atomic mass is 16.1. The molecular formula is C22H21N3O. The Kier molecular flexibility index (Phi) is 4.17. The topological polar surface area (TPSA) is 57.8 Å². The Labute approximate surface area is 153 Å². The fourth-order valence-electron chi connectivity index (χ4n) is 3.41. The summed E-state index contributed by atoms with van der Waals surface area (Å²) in [5.41, 5.74) is 8.36. The molecule has 2 aromatic heterocycles. The lowest BCUT2D eigenvalue weighted by molar-refractivity contribution is 0.0946. The van der Waals surface area contributed by atoms with Crippen LogP contribution in [0.5, 0.6) is 0 Å². The van der Waals surface area contributed by atoms with E-state index in [-0.39, 0.29) is 5.91 Å². The van der Waals surface area contributed by atoms with Gasteiger partial charge in [0, 0.05) is 36.1 Å². The Morgan fingerprint density at radius 2 is 1.88 bits per heavy atom.